The molecular weight excluding hydrogens is 202 g/mol. The van der Waals surface area contributed by atoms with Crippen LogP contribution in [-0.2, 0) is 0 Å². The molecule has 1 fully saturated rings. The van der Waals surface area contributed by atoms with Gasteiger partial charge in [0, 0.05) is 12.6 Å². The second-order valence-corrected chi connectivity index (χ2v) is 5.41. The van der Waals surface area contributed by atoms with Gasteiger partial charge in [0.15, 0.2) is 11.5 Å². The van der Waals surface area contributed by atoms with Crippen LogP contribution in [0.15, 0.2) is 18.2 Å². The van der Waals surface area contributed by atoms with E-state index in [1.807, 2.05) is 6.07 Å². The summed E-state index contributed by atoms with van der Waals surface area (Å²) in [6.45, 7) is 6.02. The zero-order valence-corrected chi connectivity index (χ0v) is 9.75. The van der Waals surface area contributed by atoms with Gasteiger partial charge in [0.05, 0.1) is 0 Å². The first-order valence-electron chi connectivity index (χ1n) is 5.77. The van der Waals surface area contributed by atoms with Crippen LogP contribution < -0.4 is 14.8 Å². The first-order valence-corrected chi connectivity index (χ1v) is 5.77. The van der Waals surface area contributed by atoms with Gasteiger partial charge in [0.2, 0.25) is 6.79 Å². The summed E-state index contributed by atoms with van der Waals surface area (Å²) in [5, 5.41) is 3.56. The number of rotatable bonds is 1. The van der Waals surface area contributed by atoms with Crippen molar-refractivity contribution in [1.82, 2.24) is 5.32 Å². The molecule has 0 aromatic heterocycles. The van der Waals surface area contributed by atoms with Gasteiger partial charge < -0.3 is 14.8 Å². The monoisotopic (exact) mass is 219 g/mol. The third kappa shape index (κ3) is 1.65. The zero-order chi connectivity index (χ0) is 11.2. The van der Waals surface area contributed by atoms with Gasteiger partial charge >= 0.3 is 0 Å². The normalized spacial score (nSPS) is 26.0. The smallest absolute Gasteiger partial charge is 0.231 e. The van der Waals surface area contributed by atoms with Gasteiger partial charge in [-0.1, -0.05) is 19.9 Å². The van der Waals surface area contributed by atoms with Crippen molar-refractivity contribution in [2.24, 2.45) is 5.41 Å². The number of hydrogen-bond acceptors (Lipinski definition) is 3. The van der Waals surface area contributed by atoms with E-state index in [1.165, 1.54) is 12.0 Å². The first kappa shape index (κ1) is 9.97. The highest BCUT2D eigenvalue weighted by Gasteiger charge is 2.31. The van der Waals surface area contributed by atoms with E-state index in [-0.39, 0.29) is 0 Å². The van der Waals surface area contributed by atoms with Gasteiger partial charge in [-0.25, -0.2) is 0 Å². The van der Waals surface area contributed by atoms with Crippen LogP contribution in [0.4, 0.5) is 0 Å². The van der Waals surface area contributed by atoms with Crippen LogP contribution in [0.3, 0.4) is 0 Å². The molecule has 0 spiro atoms. The molecule has 3 heteroatoms. The van der Waals surface area contributed by atoms with E-state index in [9.17, 15) is 0 Å². The quantitative estimate of drug-likeness (QED) is 0.787. The summed E-state index contributed by atoms with van der Waals surface area (Å²) >= 11 is 0. The highest BCUT2D eigenvalue weighted by molar-refractivity contribution is 5.45. The van der Waals surface area contributed by atoms with Crippen LogP contribution in [0.1, 0.15) is 31.9 Å². The highest BCUT2D eigenvalue weighted by Crippen LogP contribution is 2.39. The van der Waals surface area contributed by atoms with Crippen molar-refractivity contribution in [3.63, 3.8) is 0 Å². The molecule has 3 rings (SSSR count). The Morgan fingerprint density at radius 3 is 2.81 bits per heavy atom. The molecule has 86 valence electrons. The van der Waals surface area contributed by atoms with E-state index in [0.717, 1.165) is 18.0 Å². The molecule has 16 heavy (non-hydrogen) atoms. The standard InChI is InChI=1S/C13H17NO2/c1-13(2)6-10(14-7-13)9-3-4-11-12(5-9)16-8-15-11/h3-5,10,14H,6-8H2,1-2H3/t10-/m1/s1. The molecule has 1 atom stereocenters. The predicted octanol–water partition coefficient (Wildman–Crippen LogP) is 2.48. The summed E-state index contributed by atoms with van der Waals surface area (Å²) in [5.74, 6) is 1.74. The van der Waals surface area contributed by atoms with Crippen LogP contribution in [0.5, 0.6) is 11.5 Å². The lowest BCUT2D eigenvalue weighted by Crippen LogP contribution is -2.16. The molecule has 2 aliphatic rings. The summed E-state index contributed by atoms with van der Waals surface area (Å²) in [5.41, 5.74) is 1.69. The summed E-state index contributed by atoms with van der Waals surface area (Å²) in [7, 11) is 0. The van der Waals surface area contributed by atoms with Crippen molar-refractivity contribution in [1.29, 1.82) is 0 Å². The van der Waals surface area contributed by atoms with Gasteiger partial charge in [-0.05, 0) is 29.5 Å². The fourth-order valence-electron chi connectivity index (χ4n) is 2.46. The van der Waals surface area contributed by atoms with Gasteiger partial charge in [-0.15, -0.1) is 0 Å². The molecule has 3 nitrogen and oxygen atoms in total. The zero-order valence-electron chi connectivity index (χ0n) is 9.75. The first-order chi connectivity index (χ1) is 7.64. The molecule has 0 amide bonds. The van der Waals surface area contributed by atoms with Crippen LogP contribution in [0, 0.1) is 5.41 Å². The second-order valence-electron chi connectivity index (χ2n) is 5.41. The number of hydrogen-bond donors (Lipinski definition) is 1. The highest BCUT2D eigenvalue weighted by atomic mass is 16.7. The Kier molecular flexibility index (Phi) is 2.11. The van der Waals surface area contributed by atoms with Crippen LogP contribution >= 0.6 is 0 Å². The molecule has 1 aromatic carbocycles. The molecule has 0 saturated carbocycles. The van der Waals surface area contributed by atoms with Crippen molar-refractivity contribution in [3.8, 4) is 11.5 Å². The molecule has 1 saturated heterocycles. The van der Waals surface area contributed by atoms with Gasteiger partial charge in [0.1, 0.15) is 0 Å². The number of benzene rings is 1. The topological polar surface area (TPSA) is 30.5 Å². The van der Waals surface area contributed by atoms with E-state index in [0.29, 0.717) is 18.2 Å². The molecule has 1 N–H and O–H groups in total. The Bertz CT molecular complexity index is 414. The fourth-order valence-corrected chi connectivity index (χ4v) is 2.46. The van der Waals surface area contributed by atoms with Gasteiger partial charge in [-0.2, -0.15) is 0 Å². The van der Waals surface area contributed by atoms with Crippen LogP contribution in [0.25, 0.3) is 0 Å². The Labute approximate surface area is 95.8 Å². The third-order valence-corrected chi connectivity index (χ3v) is 3.38. The van der Waals surface area contributed by atoms with E-state index in [4.69, 9.17) is 9.47 Å². The molecule has 0 radical (unpaired) electrons. The molecule has 2 aliphatic heterocycles. The van der Waals surface area contributed by atoms with E-state index in [2.05, 4.69) is 31.3 Å². The minimum atomic E-state index is 0.350. The number of nitrogens with one attached hydrogen (secondary N) is 1. The SMILES string of the molecule is CC1(C)CN[C@@H](c2ccc3c(c2)OCO3)C1. The molecule has 0 bridgehead atoms. The van der Waals surface area contributed by atoms with Crippen molar-refractivity contribution in [2.45, 2.75) is 26.3 Å². The Morgan fingerprint density at radius 2 is 2.06 bits per heavy atom. The number of ether oxygens (including phenoxy) is 2. The van der Waals surface area contributed by atoms with E-state index >= 15 is 0 Å². The lowest BCUT2D eigenvalue weighted by atomic mass is 9.88. The van der Waals surface area contributed by atoms with Crippen LogP contribution in [0.2, 0.25) is 0 Å². The van der Waals surface area contributed by atoms with Gasteiger partial charge in [-0.3, -0.25) is 0 Å². The molecule has 0 aliphatic carbocycles. The van der Waals surface area contributed by atoms with E-state index < -0.39 is 0 Å². The van der Waals surface area contributed by atoms with Crippen molar-refractivity contribution < 1.29 is 9.47 Å². The Balaban J connectivity index is 1.85. The fraction of sp³-hybridized carbons (Fsp3) is 0.538. The summed E-state index contributed by atoms with van der Waals surface area (Å²) in [4.78, 5) is 0. The van der Waals surface area contributed by atoms with Crippen molar-refractivity contribution >= 4 is 0 Å². The van der Waals surface area contributed by atoms with Crippen molar-refractivity contribution in [2.75, 3.05) is 13.3 Å². The minimum Gasteiger partial charge on any atom is -0.454 e. The second kappa shape index (κ2) is 3.39. The summed E-state index contributed by atoms with van der Waals surface area (Å²) in [6, 6.07) is 6.68. The lowest BCUT2D eigenvalue weighted by molar-refractivity contribution is 0.174. The summed E-state index contributed by atoms with van der Waals surface area (Å²) in [6.07, 6.45) is 1.17. The lowest BCUT2D eigenvalue weighted by Gasteiger charge is -2.15. The molecular formula is C13H17NO2. The maximum Gasteiger partial charge on any atom is 0.231 e. The summed E-state index contributed by atoms with van der Waals surface area (Å²) < 4.78 is 10.7. The molecule has 0 unspecified atom stereocenters. The Morgan fingerprint density at radius 1 is 1.25 bits per heavy atom. The third-order valence-electron chi connectivity index (χ3n) is 3.38. The van der Waals surface area contributed by atoms with E-state index in [1.54, 1.807) is 0 Å². The minimum absolute atomic E-state index is 0.350. The molecule has 2 heterocycles. The maximum atomic E-state index is 5.40. The average Bonchev–Trinajstić information content (AvgIpc) is 2.82. The molecule has 1 aromatic rings. The van der Waals surface area contributed by atoms with Crippen LogP contribution in [-0.4, -0.2) is 13.3 Å². The van der Waals surface area contributed by atoms with Gasteiger partial charge in [0.25, 0.3) is 0 Å². The largest absolute Gasteiger partial charge is 0.454 e. The van der Waals surface area contributed by atoms with Crippen molar-refractivity contribution in [3.05, 3.63) is 23.8 Å². The number of fused-ring (bicyclic) bond motifs is 1. The predicted molar refractivity (Wildman–Crippen MR) is 61.7 cm³/mol. The Hall–Kier alpha value is -1.22. The maximum absolute atomic E-state index is 5.40. The average molecular weight is 219 g/mol.